The van der Waals surface area contributed by atoms with Crippen molar-refractivity contribution in [3.63, 3.8) is 0 Å². The van der Waals surface area contributed by atoms with Gasteiger partial charge in [0, 0.05) is 0 Å². The lowest BCUT2D eigenvalue weighted by atomic mass is 9.70. The molecule has 0 radical (unpaired) electrons. The summed E-state index contributed by atoms with van der Waals surface area (Å²) in [7, 11) is 0. The van der Waals surface area contributed by atoms with Crippen molar-refractivity contribution < 1.29 is 19.1 Å². The van der Waals surface area contributed by atoms with E-state index in [0.29, 0.717) is 13.2 Å². The van der Waals surface area contributed by atoms with Crippen molar-refractivity contribution in [2.75, 3.05) is 13.2 Å². The number of hydrogen-bond acceptors (Lipinski definition) is 4. The van der Waals surface area contributed by atoms with Gasteiger partial charge >= 0.3 is 11.9 Å². The molecule has 0 spiro atoms. The molecule has 2 unspecified atom stereocenters. The largest absolute Gasteiger partial charge is 0.465 e. The molecule has 158 valence electrons. The molecule has 0 heterocycles. The van der Waals surface area contributed by atoms with Gasteiger partial charge in [-0.15, -0.1) is 0 Å². The summed E-state index contributed by atoms with van der Waals surface area (Å²) in [5.41, 5.74) is 0. The van der Waals surface area contributed by atoms with Gasteiger partial charge in [0.05, 0.1) is 25.0 Å². The first-order valence-electron chi connectivity index (χ1n) is 11.4. The van der Waals surface area contributed by atoms with Gasteiger partial charge < -0.3 is 9.47 Å². The minimum Gasteiger partial charge on any atom is -0.465 e. The standard InChI is InChI=1S/C23H42O4/c1-5-7-12-16-26-22(24)20(18(3)4)21(19-14-10-9-11-15-19)23(25)27-17-13-8-6-2/h18-21H,5-17H2,1-4H3. The van der Waals surface area contributed by atoms with Gasteiger partial charge in [-0.05, 0) is 37.5 Å². The summed E-state index contributed by atoms with van der Waals surface area (Å²) < 4.78 is 11.2. The fraction of sp³-hybridized carbons (Fsp3) is 0.913. The number of ether oxygens (including phenoxy) is 2. The van der Waals surface area contributed by atoms with Crippen LogP contribution in [0.2, 0.25) is 0 Å². The second kappa shape index (κ2) is 14.0. The Morgan fingerprint density at radius 1 is 0.815 bits per heavy atom. The number of esters is 2. The molecule has 0 amide bonds. The maximum absolute atomic E-state index is 13.0. The van der Waals surface area contributed by atoms with E-state index in [-0.39, 0.29) is 29.7 Å². The van der Waals surface area contributed by atoms with Gasteiger partial charge in [0.1, 0.15) is 0 Å². The van der Waals surface area contributed by atoms with E-state index in [1.807, 2.05) is 13.8 Å². The molecule has 0 aromatic rings. The Hall–Kier alpha value is -1.06. The third-order valence-electron chi connectivity index (χ3n) is 5.79. The lowest BCUT2D eigenvalue weighted by Crippen LogP contribution is -2.41. The normalized spacial score (nSPS) is 17.5. The Balaban J connectivity index is 2.83. The first-order chi connectivity index (χ1) is 13.0. The Morgan fingerprint density at radius 3 is 1.81 bits per heavy atom. The van der Waals surface area contributed by atoms with E-state index < -0.39 is 5.92 Å². The van der Waals surface area contributed by atoms with Crippen molar-refractivity contribution in [2.45, 2.75) is 98.3 Å². The molecule has 0 aromatic heterocycles. The summed E-state index contributed by atoms with van der Waals surface area (Å²) in [5, 5.41) is 0. The molecule has 1 fully saturated rings. The summed E-state index contributed by atoms with van der Waals surface area (Å²) in [6.07, 6.45) is 11.6. The second-order valence-electron chi connectivity index (χ2n) is 8.44. The van der Waals surface area contributed by atoms with Crippen LogP contribution in [0.3, 0.4) is 0 Å². The van der Waals surface area contributed by atoms with Crippen LogP contribution in [-0.2, 0) is 19.1 Å². The van der Waals surface area contributed by atoms with Crippen molar-refractivity contribution in [3.8, 4) is 0 Å². The molecule has 2 atom stereocenters. The van der Waals surface area contributed by atoms with Crippen molar-refractivity contribution in [3.05, 3.63) is 0 Å². The summed E-state index contributed by atoms with van der Waals surface area (Å²) >= 11 is 0. The van der Waals surface area contributed by atoms with E-state index in [9.17, 15) is 9.59 Å². The minimum absolute atomic E-state index is 0.0683. The van der Waals surface area contributed by atoms with Crippen molar-refractivity contribution in [1.29, 1.82) is 0 Å². The molecule has 1 aliphatic carbocycles. The smallest absolute Gasteiger partial charge is 0.310 e. The molecule has 0 saturated heterocycles. The highest BCUT2D eigenvalue weighted by molar-refractivity contribution is 5.82. The van der Waals surface area contributed by atoms with Crippen LogP contribution in [0, 0.1) is 23.7 Å². The van der Waals surface area contributed by atoms with Gasteiger partial charge in [-0.1, -0.05) is 72.6 Å². The zero-order chi connectivity index (χ0) is 20.1. The summed E-state index contributed by atoms with van der Waals surface area (Å²) in [5.74, 6) is -0.824. The van der Waals surface area contributed by atoms with Gasteiger partial charge in [-0.2, -0.15) is 0 Å². The van der Waals surface area contributed by atoms with Crippen LogP contribution in [0.25, 0.3) is 0 Å². The third-order valence-corrected chi connectivity index (χ3v) is 5.79. The first-order valence-corrected chi connectivity index (χ1v) is 11.4. The maximum Gasteiger partial charge on any atom is 0.310 e. The molecule has 27 heavy (non-hydrogen) atoms. The fourth-order valence-electron chi connectivity index (χ4n) is 4.20. The monoisotopic (exact) mass is 382 g/mol. The fourth-order valence-corrected chi connectivity index (χ4v) is 4.20. The van der Waals surface area contributed by atoms with E-state index in [1.165, 1.54) is 6.42 Å². The molecule has 0 bridgehead atoms. The number of carbonyl (C=O) groups excluding carboxylic acids is 2. The highest BCUT2D eigenvalue weighted by atomic mass is 16.5. The van der Waals surface area contributed by atoms with Crippen LogP contribution in [0.15, 0.2) is 0 Å². The molecular weight excluding hydrogens is 340 g/mol. The van der Waals surface area contributed by atoms with Crippen LogP contribution < -0.4 is 0 Å². The van der Waals surface area contributed by atoms with Gasteiger partial charge in [-0.3, -0.25) is 9.59 Å². The van der Waals surface area contributed by atoms with Crippen molar-refractivity contribution in [1.82, 2.24) is 0 Å². The van der Waals surface area contributed by atoms with Crippen LogP contribution in [0.5, 0.6) is 0 Å². The van der Waals surface area contributed by atoms with Crippen LogP contribution >= 0.6 is 0 Å². The number of hydrogen-bond donors (Lipinski definition) is 0. The average Bonchev–Trinajstić information content (AvgIpc) is 2.66. The molecule has 0 N–H and O–H groups in total. The molecule has 1 rings (SSSR count). The van der Waals surface area contributed by atoms with E-state index in [2.05, 4.69) is 13.8 Å². The van der Waals surface area contributed by atoms with Crippen LogP contribution in [0.4, 0.5) is 0 Å². The third kappa shape index (κ3) is 8.66. The molecule has 4 heteroatoms. The minimum atomic E-state index is -0.395. The molecule has 1 aliphatic rings. The molecule has 0 aliphatic heterocycles. The number of rotatable bonds is 13. The van der Waals surface area contributed by atoms with Crippen molar-refractivity contribution in [2.24, 2.45) is 23.7 Å². The van der Waals surface area contributed by atoms with E-state index in [1.54, 1.807) is 0 Å². The lowest BCUT2D eigenvalue weighted by Gasteiger charge is -2.35. The summed E-state index contributed by atoms with van der Waals surface area (Å²) in [6, 6.07) is 0. The summed E-state index contributed by atoms with van der Waals surface area (Å²) in [6.45, 7) is 9.24. The second-order valence-corrected chi connectivity index (χ2v) is 8.44. The Labute approximate surface area is 166 Å². The Kier molecular flexibility index (Phi) is 12.4. The van der Waals surface area contributed by atoms with Gasteiger partial charge in [-0.25, -0.2) is 0 Å². The lowest BCUT2D eigenvalue weighted by molar-refractivity contribution is -0.166. The highest BCUT2D eigenvalue weighted by Gasteiger charge is 2.43. The van der Waals surface area contributed by atoms with Gasteiger partial charge in [0.25, 0.3) is 0 Å². The highest BCUT2D eigenvalue weighted by Crippen LogP contribution is 2.38. The Bertz CT molecular complexity index is 413. The van der Waals surface area contributed by atoms with Crippen LogP contribution in [-0.4, -0.2) is 25.2 Å². The average molecular weight is 383 g/mol. The SMILES string of the molecule is CCCCCOC(=O)C(C(C)C)C(C(=O)OCCCCC)C1CCCCC1. The van der Waals surface area contributed by atoms with E-state index >= 15 is 0 Å². The topological polar surface area (TPSA) is 52.6 Å². The molecule has 0 aromatic carbocycles. The zero-order valence-corrected chi connectivity index (χ0v) is 18.1. The van der Waals surface area contributed by atoms with Crippen LogP contribution in [0.1, 0.15) is 98.3 Å². The van der Waals surface area contributed by atoms with E-state index in [0.717, 1.165) is 64.2 Å². The zero-order valence-electron chi connectivity index (χ0n) is 18.1. The van der Waals surface area contributed by atoms with Gasteiger partial charge in [0.15, 0.2) is 0 Å². The van der Waals surface area contributed by atoms with Crippen molar-refractivity contribution >= 4 is 11.9 Å². The number of carbonyl (C=O) groups is 2. The molecule has 4 nitrogen and oxygen atoms in total. The quantitative estimate of drug-likeness (QED) is 0.293. The number of unbranched alkanes of at least 4 members (excludes halogenated alkanes) is 4. The predicted molar refractivity (Wildman–Crippen MR) is 109 cm³/mol. The Morgan fingerprint density at radius 2 is 1.33 bits per heavy atom. The molecule has 1 saturated carbocycles. The van der Waals surface area contributed by atoms with Gasteiger partial charge in [0.2, 0.25) is 0 Å². The summed E-state index contributed by atoms with van der Waals surface area (Å²) in [4.78, 5) is 25.9. The van der Waals surface area contributed by atoms with E-state index in [4.69, 9.17) is 9.47 Å². The maximum atomic E-state index is 13.0. The predicted octanol–water partition coefficient (Wildman–Crippen LogP) is 5.92. The first kappa shape index (κ1) is 24.0. The molecular formula is C23H42O4.